The van der Waals surface area contributed by atoms with Gasteiger partial charge in [-0.25, -0.2) is 0 Å². The second kappa shape index (κ2) is 9.58. The van der Waals surface area contributed by atoms with Crippen LogP contribution >= 0.6 is 11.6 Å². The molecule has 33 heavy (non-hydrogen) atoms. The molecule has 2 aromatic carbocycles. The van der Waals surface area contributed by atoms with Gasteiger partial charge in [0.25, 0.3) is 5.91 Å². The van der Waals surface area contributed by atoms with E-state index in [1.165, 1.54) is 24.4 Å². The smallest absolute Gasteiger partial charge is 0.311 e. The Labute approximate surface area is 193 Å². The van der Waals surface area contributed by atoms with Crippen molar-refractivity contribution in [1.82, 2.24) is 9.78 Å². The maximum absolute atomic E-state index is 12.5. The lowest BCUT2D eigenvalue weighted by atomic mass is 10.2. The highest BCUT2D eigenvalue weighted by Gasteiger charge is 2.17. The number of aromatic nitrogens is 2. The van der Waals surface area contributed by atoms with Crippen molar-refractivity contribution in [2.45, 2.75) is 20.1 Å². The van der Waals surface area contributed by atoms with Crippen molar-refractivity contribution < 1.29 is 18.9 Å². The number of amides is 1. The molecule has 0 atom stereocenters. The van der Waals surface area contributed by atoms with Gasteiger partial charge in [-0.1, -0.05) is 29.8 Å². The molecular formula is C23H19ClN4O5. The highest BCUT2D eigenvalue weighted by Crippen LogP contribution is 2.28. The van der Waals surface area contributed by atoms with Crippen LogP contribution in [0.15, 0.2) is 71.4 Å². The van der Waals surface area contributed by atoms with Crippen molar-refractivity contribution in [2.75, 3.05) is 5.32 Å². The number of nitrogens with one attached hydrogen (secondary N) is 1. The van der Waals surface area contributed by atoms with Crippen molar-refractivity contribution >= 4 is 28.9 Å². The van der Waals surface area contributed by atoms with Crippen LogP contribution in [0.4, 0.5) is 11.4 Å². The molecule has 0 radical (unpaired) electrons. The van der Waals surface area contributed by atoms with E-state index >= 15 is 0 Å². The lowest BCUT2D eigenvalue weighted by molar-refractivity contribution is -0.386. The number of furan rings is 1. The van der Waals surface area contributed by atoms with Crippen molar-refractivity contribution in [2.24, 2.45) is 0 Å². The van der Waals surface area contributed by atoms with Crippen LogP contribution in [0.3, 0.4) is 0 Å². The fraction of sp³-hybridized carbons (Fsp3) is 0.130. The number of ether oxygens (including phenoxy) is 1. The van der Waals surface area contributed by atoms with E-state index in [9.17, 15) is 14.9 Å². The molecule has 0 aliphatic heterocycles. The van der Waals surface area contributed by atoms with Gasteiger partial charge in [0.15, 0.2) is 11.5 Å². The van der Waals surface area contributed by atoms with Crippen molar-refractivity contribution in [3.05, 3.63) is 105 Å². The molecular weight excluding hydrogens is 448 g/mol. The first-order chi connectivity index (χ1) is 15.9. The number of hydrogen-bond donors (Lipinski definition) is 1. The molecule has 1 amide bonds. The van der Waals surface area contributed by atoms with E-state index in [1.54, 1.807) is 36.0 Å². The number of carbonyl (C=O) groups excluding carboxylic acids is 1. The van der Waals surface area contributed by atoms with Crippen molar-refractivity contribution in [3.8, 4) is 5.75 Å². The van der Waals surface area contributed by atoms with Gasteiger partial charge in [0.2, 0.25) is 0 Å². The zero-order chi connectivity index (χ0) is 23.4. The molecule has 0 spiro atoms. The Balaban J connectivity index is 1.36. The summed E-state index contributed by atoms with van der Waals surface area (Å²) >= 11 is 6.00. The summed E-state index contributed by atoms with van der Waals surface area (Å²) < 4.78 is 12.7. The number of carbonyl (C=O) groups is 1. The Bertz CT molecular complexity index is 1310. The molecule has 4 aromatic rings. The third kappa shape index (κ3) is 5.58. The van der Waals surface area contributed by atoms with E-state index in [1.807, 2.05) is 18.2 Å². The van der Waals surface area contributed by atoms with Crippen LogP contribution in [-0.2, 0) is 13.2 Å². The van der Waals surface area contributed by atoms with Crippen LogP contribution in [0, 0.1) is 17.0 Å². The summed E-state index contributed by atoms with van der Waals surface area (Å²) in [7, 11) is 0. The van der Waals surface area contributed by atoms with Gasteiger partial charge < -0.3 is 14.5 Å². The molecule has 9 nitrogen and oxygen atoms in total. The monoisotopic (exact) mass is 466 g/mol. The molecule has 168 valence electrons. The minimum absolute atomic E-state index is 0.0608. The van der Waals surface area contributed by atoms with Crippen LogP contribution in [0.2, 0.25) is 5.02 Å². The molecule has 0 bridgehead atoms. The largest absolute Gasteiger partial charge is 0.479 e. The molecule has 4 rings (SSSR count). The summed E-state index contributed by atoms with van der Waals surface area (Å²) in [5.41, 5.74) is 2.11. The third-order valence-corrected chi connectivity index (χ3v) is 4.93. The average Bonchev–Trinajstić information content (AvgIpc) is 3.42. The summed E-state index contributed by atoms with van der Waals surface area (Å²) in [6.07, 6.45) is 3.23. The average molecular weight is 467 g/mol. The number of hydrogen-bond acceptors (Lipinski definition) is 6. The summed E-state index contributed by atoms with van der Waals surface area (Å²) in [6.45, 7) is 2.20. The Hall–Kier alpha value is -4.11. The topological polar surface area (TPSA) is 112 Å². The van der Waals surface area contributed by atoms with Crippen LogP contribution in [0.25, 0.3) is 0 Å². The van der Waals surface area contributed by atoms with E-state index in [0.717, 1.165) is 11.1 Å². The molecule has 0 saturated carbocycles. The number of anilines is 1. The number of rotatable bonds is 8. The first kappa shape index (κ1) is 22.1. The molecule has 10 heteroatoms. The molecule has 2 heterocycles. The van der Waals surface area contributed by atoms with Gasteiger partial charge >= 0.3 is 5.69 Å². The second-order valence-corrected chi connectivity index (χ2v) is 7.73. The van der Waals surface area contributed by atoms with Crippen LogP contribution < -0.4 is 10.1 Å². The number of nitrogens with zero attached hydrogens (tertiary/aromatic N) is 3. The van der Waals surface area contributed by atoms with Gasteiger partial charge in [-0.3, -0.25) is 19.6 Å². The number of aryl methyl sites for hydroxylation is 1. The SMILES string of the molecule is Cc1ccc(OCc2ccc(C(=O)Nc3cnn(Cc4cccc(Cl)c4)c3)o2)c([N+](=O)[O-])c1. The van der Waals surface area contributed by atoms with Crippen molar-refractivity contribution in [3.63, 3.8) is 0 Å². The fourth-order valence-electron chi connectivity index (χ4n) is 3.15. The van der Waals surface area contributed by atoms with Gasteiger partial charge in [-0.2, -0.15) is 5.10 Å². The quantitative estimate of drug-likeness (QED) is 0.281. The minimum Gasteiger partial charge on any atom is -0.479 e. The predicted molar refractivity (Wildman–Crippen MR) is 122 cm³/mol. The van der Waals surface area contributed by atoms with Crippen molar-refractivity contribution in [1.29, 1.82) is 0 Å². The van der Waals surface area contributed by atoms with E-state index < -0.39 is 10.8 Å². The number of benzene rings is 2. The number of nitro groups is 1. The van der Waals surface area contributed by atoms with Gasteiger partial charge in [-0.15, -0.1) is 0 Å². The normalized spacial score (nSPS) is 10.7. The van der Waals surface area contributed by atoms with Gasteiger partial charge in [0, 0.05) is 17.3 Å². The molecule has 0 saturated heterocycles. The molecule has 2 aromatic heterocycles. The minimum atomic E-state index is -0.504. The maximum Gasteiger partial charge on any atom is 0.311 e. The van der Waals surface area contributed by atoms with E-state index in [-0.39, 0.29) is 23.8 Å². The summed E-state index contributed by atoms with van der Waals surface area (Å²) in [5.74, 6) is 0.103. The maximum atomic E-state index is 12.5. The molecule has 1 N–H and O–H groups in total. The third-order valence-electron chi connectivity index (χ3n) is 4.69. The predicted octanol–water partition coefficient (Wildman–Crippen LogP) is 5.23. The molecule has 0 unspecified atom stereocenters. The van der Waals surface area contributed by atoms with Gasteiger partial charge in [0.1, 0.15) is 12.4 Å². The summed E-state index contributed by atoms with van der Waals surface area (Å²) in [6, 6.07) is 15.2. The molecule has 0 aliphatic rings. The lowest BCUT2D eigenvalue weighted by Crippen LogP contribution is -2.10. The Morgan fingerprint density at radius 3 is 2.88 bits per heavy atom. The highest BCUT2D eigenvalue weighted by molar-refractivity contribution is 6.30. The van der Waals surface area contributed by atoms with Gasteiger partial charge in [0.05, 0.1) is 23.4 Å². The first-order valence-electron chi connectivity index (χ1n) is 9.92. The summed E-state index contributed by atoms with van der Waals surface area (Å²) in [4.78, 5) is 23.2. The van der Waals surface area contributed by atoms with Crippen LogP contribution in [0.1, 0.15) is 27.4 Å². The zero-order valence-corrected chi connectivity index (χ0v) is 18.3. The standard InChI is InChI=1S/C23H19ClN4O5/c1-15-5-7-21(20(9-15)28(30)31)32-14-19-6-8-22(33-19)23(29)26-18-11-25-27(13-18)12-16-3-2-4-17(24)10-16/h2-11,13H,12,14H2,1H3,(H,26,29). The first-order valence-corrected chi connectivity index (χ1v) is 10.3. The second-order valence-electron chi connectivity index (χ2n) is 7.29. The number of nitro benzene ring substituents is 1. The van der Waals surface area contributed by atoms with Gasteiger partial charge in [-0.05, 0) is 48.4 Å². The molecule has 0 aliphatic carbocycles. The van der Waals surface area contributed by atoms with E-state index in [2.05, 4.69) is 10.4 Å². The van der Waals surface area contributed by atoms with E-state index in [4.69, 9.17) is 20.8 Å². The fourth-order valence-corrected chi connectivity index (χ4v) is 3.36. The lowest BCUT2D eigenvalue weighted by Gasteiger charge is -2.06. The van der Waals surface area contributed by atoms with E-state index in [0.29, 0.717) is 23.0 Å². The number of halogens is 1. The highest BCUT2D eigenvalue weighted by atomic mass is 35.5. The molecule has 0 fully saturated rings. The Morgan fingerprint density at radius 1 is 1.24 bits per heavy atom. The Kier molecular flexibility index (Phi) is 6.41. The Morgan fingerprint density at radius 2 is 2.09 bits per heavy atom. The van der Waals surface area contributed by atoms with Crippen LogP contribution in [-0.4, -0.2) is 20.6 Å². The summed E-state index contributed by atoms with van der Waals surface area (Å²) in [5, 5.41) is 18.8. The zero-order valence-electron chi connectivity index (χ0n) is 17.5. The van der Waals surface area contributed by atoms with Crippen LogP contribution in [0.5, 0.6) is 5.75 Å².